The Morgan fingerprint density at radius 2 is 2.05 bits per heavy atom. The van der Waals surface area contributed by atoms with Gasteiger partial charge in [-0.3, -0.25) is 10.1 Å². The van der Waals surface area contributed by atoms with Gasteiger partial charge in [0.05, 0.1) is 0 Å². The first-order valence-corrected chi connectivity index (χ1v) is 7.44. The first kappa shape index (κ1) is 14.4. The van der Waals surface area contributed by atoms with E-state index in [-0.39, 0.29) is 11.4 Å². The summed E-state index contributed by atoms with van der Waals surface area (Å²) in [6, 6.07) is 0. The third-order valence-electron chi connectivity index (χ3n) is 4.17. The van der Waals surface area contributed by atoms with E-state index in [2.05, 4.69) is 45.3 Å². The molecule has 4 nitrogen and oxygen atoms in total. The molecule has 0 aromatic heterocycles. The highest BCUT2D eigenvalue weighted by molar-refractivity contribution is 6.07. The van der Waals surface area contributed by atoms with E-state index in [1.165, 1.54) is 6.42 Å². The highest BCUT2D eigenvalue weighted by Gasteiger charge is 2.51. The van der Waals surface area contributed by atoms with Crippen LogP contribution >= 0.6 is 0 Å². The van der Waals surface area contributed by atoms with Crippen molar-refractivity contribution >= 4 is 11.9 Å². The maximum absolute atomic E-state index is 12.5. The molecule has 1 spiro atoms. The second-order valence-electron chi connectivity index (χ2n) is 7.31. The van der Waals surface area contributed by atoms with Crippen LogP contribution in [0.2, 0.25) is 0 Å². The molecule has 1 fully saturated rings. The molecule has 1 saturated carbocycles. The molecule has 0 aromatic carbocycles. The summed E-state index contributed by atoms with van der Waals surface area (Å²) in [5.41, 5.74) is -0.598. The fourth-order valence-electron chi connectivity index (χ4n) is 3.40. The van der Waals surface area contributed by atoms with Gasteiger partial charge in [-0.05, 0) is 45.4 Å². The zero-order chi connectivity index (χ0) is 14.3. The number of aliphatic imine (C=N–C) groups is 1. The summed E-state index contributed by atoms with van der Waals surface area (Å²) in [7, 11) is 0. The first-order chi connectivity index (χ1) is 8.74. The van der Waals surface area contributed by atoms with Gasteiger partial charge in [0, 0.05) is 5.54 Å². The number of hydrogen-bond acceptors (Lipinski definition) is 3. The molecule has 0 radical (unpaired) electrons. The molecule has 1 amide bonds. The maximum Gasteiger partial charge on any atom is 0.255 e. The number of guanidine groups is 1. The summed E-state index contributed by atoms with van der Waals surface area (Å²) in [4.78, 5) is 17.3. The molecule has 0 aromatic rings. The maximum atomic E-state index is 12.5. The Morgan fingerprint density at radius 1 is 1.37 bits per heavy atom. The van der Waals surface area contributed by atoms with Crippen LogP contribution in [0, 0.1) is 11.8 Å². The summed E-state index contributed by atoms with van der Waals surface area (Å²) in [5, 5.41) is 6.25. The van der Waals surface area contributed by atoms with E-state index in [1.807, 2.05) is 0 Å². The SMILES string of the molecule is CC(C)C1CCCCC12N=C(NC(C)(C)C)NC2=O. The van der Waals surface area contributed by atoms with Crippen LogP contribution in [0.15, 0.2) is 4.99 Å². The Kier molecular flexibility index (Phi) is 3.63. The van der Waals surface area contributed by atoms with Gasteiger partial charge < -0.3 is 5.32 Å². The molecule has 0 saturated heterocycles. The lowest BCUT2D eigenvalue weighted by molar-refractivity contribution is -0.127. The minimum Gasteiger partial charge on any atom is -0.351 e. The van der Waals surface area contributed by atoms with Crippen LogP contribution in [0.1, 0.15) is 60.3 Å². The van der Waals surface area contributed by atoms with Crippen LogP contribution < -0.4 is 10.6 Å². The van der Waals surface area contributed by atoms with Gasteiger partial charge in [-0.1, -0.05) is 26.7 Å². The Morgan fingerprint density at radius 3 is 2.63 bits per heavy atom. The molecule has 108 valence electrons. The van der Waals surface area contributed by atoms with Crippen molar-refractivity contribution in [1.29, 1.82) is 0 Å². The molecule has 2 rings (SSSR count). The third kappa shape index (κ3) is 2.77. The minimum atomic E-state index is -0.514. The highest BCUT2D eigenvalue weighted by Crippen LogP contribution is 2.43. The van der Waals surface area contributed by atoms with Crippen LogP contribution in [0.4, 0.5) is 0 Å². The average molecular weight is 265 g/mol. The normalized spacial score (nSPS) is 31.6. The molecular formula is C15H27N3O. The monoisotopic (exact) mass is 265 g/mol. The first-order valence-electron chi connectivity index (χ1n) is 7.44. The number of carbonyl (C=O) groups excluding carboxylic acids is 1. The van der Waals surface area contributed by atoms with Gasteiger partial charge >= 0.3 is 0 Å². The lowest BCUT2D eigenvalue weighted by Crippen LogP contribution is -2.50. The van der Waals surface area contributed by atoms with Gasteiger partial charge in [0.2, 0.25) is 0 Å². The predicted octanol–water partition coefficient (Wildman–Crippen LogP) is 2.45. The summed E-state index contributed by atoms with van der Waals surface area (Å²) < 4.78 is 0. The Bertz CT molecular complexity index is 395. The fourth-order valence-corrected chi connectivity index (χ4v) is 3.40. The van der Waals surface area contributed by atoms with E-state index in [0.717, 1.165) is 19.3 Å². The quantitative estimate of drug-likeness (QED) is 0.765. The Balaban J connectivity index is 2.27. The van der Waals surface area contributed by atoms with Crippen LogP contribution in [0.25, 0.3) is 0 Å². The van der Waals surface area contributed by atoms with Gasteiger partial charge in [0.1, 0.15) is 5.54 Å². The number of carbonyl (C=O) groups is 1. The van der Waals surface area contributed by atoms with Crippen molar-refractivity contribution in [2.24, 2.45) is 16.8 Å². The number of amides is 1. The molecule has 1 heterocycles. The van der Waals surface area contributed by atoms with E-state index in [0.29, 0.717) is 17.8 Å². The standard InChI is InChI=1S/C15H27N3O/c1-10(2)11-8-6-7-9-15(11)12(19)16-13(18-15)17-14(3,4)5/h10-11H,6-9H2,1-5H3,(H2,16,17,18,19). The second-order valence-corrected chi connectivity index (χ2v) is 7.31. The molecule has 2 atom stereocenters. The van der Waals surface area contributed by atoms with Gasteiger partial charge in [0.25, 0.3) is 5.91 Å². The highest BCUT2D eigenvalue weighted by atomic mass is 16.2. The van der Waals surface area contributed by atoms with Gasteiger partial charge in [-0.25, -0.2) is 4.99 Å². The van der Waals surface area contributed by atoms with Crippen LogP contribution in [-0.4, -0.2) is 22.9 Å². The van der Waals surface area contributed by atoms with Crippen molar-refractivity contribution in [2.45, 2.75) is 71.4 Å². The number of nitrogens with zero attached hydrogens (tertiary/aromatic N) is 1. The van der Waals surface area contributed by atoms with Crippen LogP contribution in [0.3, 0.4) is 0 Å². The summed E-state index contributed by atoms with van der Waals surface area (Å²) in [5.74, 6) is 1.60. The molecule has 2 aliphatic rings. The van der Waals surface area contributed by atoms with Crippen molar-refractivity contribution in [3.05, 3.63) is 0 Å². The topological polar surface area (TPSA) is 53.5 Å². The smallest absolute Gasteiger partial charge is 0.255 e. The third-order valence-corrected chi connectivity index (χ3v) is 4.17. The molecule has 2 unspecified atom stereocenters. The molecule has 1 aliphatic heterocycles. The zero-order valence-electron chi connectivity index (χ0n) is 12.8. The number of hydrogen-bond donors (Lipinski definition) is 2. The summed E-state index contributed by atoms with van der Waals surface area (Å²) >= 11 is 0. The van der Waals surface area contributed by atoms with E-state index in [9.17, 15) is 4.79 Å². The van der Waals surface area contributed by atoms with Crippen molar-refractivity contribution in [1.82, 2.24) is 10.6 Å². The second kappa shape index (κ2) is 4.80. The zero-order valence-corrected chi connectivity index (χ0v) is 12.8. The van der Waals surface area contributed by atoms with Crippen molar-refractivity contribution in [2.75, 3.05) is 0 Å². The molecule has 4 heteroatoms. The fraction of sp³-hybridized carbons (Fsp3) is 0.867. The minimum absolute atomic E-state index is 0.0837. The lowest BCUT2D eigenvalue weighted by Gasteiger charge is -2.39. The predicted molar refractivity (Wildman–Crippen MR) is 78.0 cm³/mol. The summed E-state index contributed by atoms with van der Waals surface area (Å²) in [6.45, 7) is 10.6. The Hall–Kier alpha value is -1.06. The lowest BCUT2D eigenvalue weighted by atomic mass is 9.68. The number of rotatable bonds is 1. The van der Waals surface area contributed by atoms with Crippen molar-refractivity contribution in [3.63, 3.8) is 0 Å². The average Bonchev–Trinajstić information content (AvgIpc) is 2.53. The number of nitrogens with one attached hydrogen (secondary N) is 2. The van der Waals surface area contributed by atoms with E-state index in [1.54, 1.807) is 0 Å². The van der Waals surface area contributed by atoms with E-state index < -0.39 is 5.54 Å². The van der Waals surface area contributed by atoms with E-state index >= 15 is 0 Å². The van der Waals surface area contributed by atoms with Gasteiger partial charge in [0.15, 0.2) is 5.96 Å². The van der Waals surface area contributed by atoms with E-state index in [4.69, 9.17) is 4.99 Å². The van der Waals surface area contributed by atoms with Gasteiger partial charge in [-0.2, -0.15) is 0 Å². The molecule has 19 heavy (non-hydrogen) atoms. The molecule has 2 N–H and O–H groups in total. The molecule has 0 bridgehead atoms. The van der Waals surface area contributed by atoms with Crippen LogP contribution in [-0.2, 0) is 4.79 Å². The summed E-state index contributed by atoms with van der Waals surface area (Å²) in [6.07, 6.45) is 4.31. The van der Waals surface area contributed by atoms with Gasteiger partial charge in [-0.15, -0.1) is 0 Å². The Labute approximate surface area is 116 Å². The largest absolute Gasteiger partial charge is 0.351 e. The van der Waals surface area contributed by atoms with Crippen LogP contribution in [0.5, 0.6) is 0 Å². The molecular weight excluding hydrogens is 238 g/mol. The van der Waals surface area contributed by atoms with Crippen molar-refractivity contribution in [3.8, 4) is 0 Å². The molecule has 1 aliphatic carbocycles. The van der Waals surface area contributed by atoms with Crippen molar-refractivity contribution < 1.29 is 4.79 Å².